The molecule has 1 unspecified atom stereocenters. The standard InChI is InChI=1S/C56H98O5/c1-3-5-7-9-11-13-15-17-19-21-23-24-25-26-27-28-29-30-31-32-33-35-37-39-41-43-45-47-49-51-56(59)61-54(52-57)53-60-55(58)50-48-46-44-42-40-38-36-34-22-20-18-16-14-12-10-8-6-4-2/h5,7,11,13-14,16-17,19-20,22-24,54,57H,3-4,6,8-10,12,15,18,21,25-53H2,1-2H3/b7-5-,13-11-,16-14-,19-17-,22-20-,24-23-. The van der Waals surface area contributed by atoms with Crippen molar-refractivity contribution in [3.63, 3.8) is 0 Å². The Labute approximate surface area is 378 Å². The van der Waals surface area contributed by atoms with Gasteiger partial charge in [-0.1, -0.05) is 228 Å². The monoisotopic (exact) mass is 851 g/mol. The molecular weight excluding hydrogens is 753 g/mol. The largest absolute Gasteiger partial charge is 0.462 e. The SMILES string of the molecule is CC/C=C\C/C=C\C/C=C\C/C=C\CCCCCCCCCCCCCCCCCCC(=O)OC(CO)COC(=O)CCCCCCCCC/C=C\C/C=C\CCCCCC. The van der Waals surface area contributed by atoms with Crippen molar-refractivity contribution in [3.05, 3.63) is 72.9 Å². The van der Waals surface area contributed by atoms with Crippen LogP contribution in [0.4, 0.5) is 0 Å². The molecule has 61 heavy (non-hydrogen) atoms. The molecule has 0 aromatic carbocycles. The molecule has 0 aromatic rings. The Morgan fingerprint density at radius 3 is 1.07 bits per heavy atom. The summed E-state index contributed by atoms with van der Waals surface area (Å²) in [7, 11) is 0. The predicted molar refractivity (Wildman–Crippen MR) is 265 cm³/mol. The Hall–Kier alpha value is -2.66. The molecule has 1 N–H and O–H groups in total. The molecule has 0 fully saturated rings. The van der Waals surface area contributed by atoms with Crippen molar-refractivity contribution in [2.45, 2.75) is 258 Å². The number of ether oxygens (including phenoxy) is 2. The molecule has 5 heteroatoms. The summed E-state index contributed by atoms with van der Waals surface area (Å²) < 4.78 is 10.7. The van der Waals surface area contributed by atoms with Gasteiger partial charge in [-0.2, -0.15) is 0 Å². The van der Waals surface area contributed by atoms with Crippen LogP contribution in [0, 0.1) is 0 Å². The van der Waals surface area contributed by atoms with E-state index in [0.29, 0.717) is 12.8 Å². The molecule has 0 aromatic heterocycles. The first-order valence-corrected chi connectivity index (χ1v) is 26.0. The maximum Gasteiger partial charge on any atom is 0.306 e. The van der Waals surface area contributed by atoms with Crippen molar-refractivity contribution in [3.8, 4) is 0 Å². The van der Waals surface area contributed by atoms with Gasteiger partial charge in [-0.15, -0.1) is 0 Å². The average Bonchev–Trinajstić information content (AvgIpc) is 3.26. The highest BCUT2D eigenvalue weighted by Gasteiger charge is 2.16. The first-order chi connectivity index (χ1) is 30.1. The van der Waals surface area contributed by atoms with Gasteiger partial charge >= 0.3 is 11.9 Å². The second-order valence-electron chi connectivity index (χ2n) is 17.2. The van der Waals surface area contributed by atoms with E-state index in [1.165, 1.54) is 148 Å². The van der Waals surface area contributed by atoms with Crippen molar-refractivity contribution in [2.24, 2.45) is 0 Å². The van der Waals surface area contributed by atoms with Crippen LogP contribution < -0.4 is 0 Å². The first-order valence-electron chi connectivity index (χ1n) is 26.0. The van der Waals surface area contributed by atoms with Crippen LogP contribution in [-0.2, 0) is 19.1 Å². The van der Waals surface area contributed by atoms with E-state index in [2.05, 4.69) is 86.8 Å². The van der Waals surface area contributed by atoms with Crippen molar-refractivity contribution in [1.29, 1.82) is 0 Å². The van der Waals surface area contributed by atoms with Crippen LogP contribution in [0.25, 0.3) is 0 Å². The third kappa shape index (κ3) is 49.9. The quantitative estimate of drug-likeness (QED) is 0.0375. The lowest BCUT2D eigenvalue weighted by molar-refractivity contribution is -0.161. The van der Waals surface area contributed by atoms with E-state index in [4.69, 9.17) is 9.47 Å². The molecule has 0 amide bonds. The molecule has 0 aliphatic heterocycles. The molecule has 0 radical (unpaired) electrons. The number of allylic oxidation sites excluding steroid dienone is 12. The summed E-state index contributed by atoms with van der Waals surface area (Å²) >= 11 is 0. The van der Waals surface area contributed by atoms with Crippen molar-refractivity contribution in [1.82, 2.24) is 0 Å². The third-order valence-electron chi connectivity index (χ3n) is 11.2. The number of aliphatic hydroxyl groups is 1. The van der Waals surface area contributed by atoms with Gasteiger partial charge in [0, 0.05) is 12.8 Å². The lowest BCUT2D eigenvalue weighted by atomic mass is 10.0. The second kappa shape index (κ2) is 51.7. The van der Waals surface area contributed by atoms with Gasteiger partial charge < -0.3 is 14.6 Å². The second-order valence-corrected chi connectivity index (χ2v) is 17.2. The molecular formula is C56H98O5. The van der Waals surface area contributed by atoms with Crippen molar-refractivity contribution >= 4 is 11.9 Å². The van der Waals surface area contributed by atoms with Gasteiger partial charge in [-0.25, -0.2) is 0 Å². The number of hydrogen-bond donors (Lipinski definition) is 1. The number of unbranched alkanes of at least 4 members (excludes halogenated alkanes) is 27. The summed E-state index contributed by atoms with van der Waals surface area (Å²) in [5.41, 5.74) is 0. The molecule has 0 bridgehead atoms. The molecule has 352 valence electrons. The first kappa shape index (κ1) is 58.3. The number of esters is 2. The minimum absolute atomic E-state index is 0.0704. The molecule has 5 nitrogen and oxygen atoms in total. The maximum atomic E-state index is 12.3. The number of carbonyl (C=O) groups is 2. The number of carbonyl (C=O) groups excluding carboxylic acids is 2. The average molecular weight is 851 g/mol. The Kier molecular flexibility index (Phi) is 49.4. The zero-order valence-electron chi connectivity index (χ0n) is 40.2. The molecule has 0 aliphatic carbocycles. The molecule has 0 aliphatic rings. The van der Waals surface area contributed by atoms with Crippen LogP contribution in [0.15, 0.2) is 72.9 Å². The predicted octanol–water partition coefficient (Wildman–Crippen LogP) is 17.2. The van der Waals surface area contributed by atoms with Gasteiger partial charge in [0.05, 0.1) is 6.61 Å². The lowest BCUT2D eigenvalue weighted by Crippen LogP contribution is -2.28. The van der Waals surface area contributed by atoms with Gasteiger partial charge in [0.1, 0.15) is 6.61 Å². The normalized spacial score (nSPS) is 12.8. The molecule has 0 spiro atoms. The zero-order valence-corrected chi connectivity index (χ0v) is 40.2. The van der Waals surface area contributed by atoms with E-state index in [1.807, 2.05) is 0 Å². The van der Waals surface area contributed by atoms with Crippen molar-refractivity contribution in [2.75, 3.05) is 13.2 Å². The molecule has 1 atom stereocenters. The fourth-order valence-electron chi connectivity index (χ4n) is 7.34. The Morgan fingerprint density at radius 2 is 0.705 bits per heavy atom. The van der Waals surface area contributed by atoms with Crippen LogP contribution in [0.5, 0.6) is 0 Å². The molecule has 0 heterocycles. The van der Waals surface area contributed by atoms with E-state index in [0.717, 1.165) is 77.0 Å². The minimum Gasteiger partial charge on any atom is -0.462 e. The van der Waals surface area contributed by atoms with Crippen LogP contribution >= 0.6 is 0 Å². The highest BCUT2D eigenvalue weighted by molar-refractivity contribution is 5.70. The summed E-state index contributed by atoms with van der Waals surface area (Å²) in [6.45, 7) is 4.02. The van der Waals surface area contributed by atoms with E-state index in [-0.39, 0.29) is 25.2 Å². The highest BCUT2D eigenvalue weighted by Crippen LogP contribution is 2.16. The van der Waals surface area contributed by atoms with Gasteiger partial charge in [0.2, 0.25) is 0 Å². The smallest absolute Gasteiger partial charge is 0.306 e. The Bertz CT molecular complexity index is 1100. The summed E-state index contributed by atoms with van der Waals surface area (Å²) in [4.78, 5) is 24.5. The lowest BCUT2D eigenvalue weighted by Gasteiger charge is -2.15. The fourth-order valence-corrected chi connectivity index (χ4v) is 7.34. The summed E-state index contributed by atoms with van der Waals surface area (Å²) in [6.07, 6.45) is 70.0. The topological polar surface area (TPSA) is 72.8 Å². The van der Waals surface area contributed by atoms with E-state index in [9.17, 15) is 14.7 Å². The third-order valence-corrected chi connectivity index (χ3v) is 11.2. The van der Waals surface area contributed by atoms with E-state index in [1.54, 1.807) is 0 Å². The van der Waals surface area contributed by atoms with Gasteiger partial charge in [-0.05, 0) is 83.5 Å². The number of aliphatic hydroxyl groups excluding tert-OH is 1. The molecule has 0 saturated heterocycles. The highest BCUT2D eigenvalue weighted by atomic mass is 16.6. The zero-order chi connectivity index (χ0) is 44.2. The Balaban J connectivity index is 3.49. The maximum absolute atomic E-state index is 12.3. The van der Waals surface area contributed by atoms with Gasteiger partial charge in [0.15, 0.2) is 6.10 Å². The van der Waals surface area contributed by atoms with Crippen LogP contribution in [0.1, 0.15) is 251 Å². The molecule has 0 saturated carbocycles. The summed E-state index contributed by atoms with van der Waals surface area (Å²) in [5.74, 6) is -0.594. The van der Waals surface area contributed by atoms with E-state index >= 15 is 0 Å². The summed E-state index contributed by atoms with van der Waals surface area (Å²) in [5, 5.41) is 9.63. The van der Waals surface area contributed by atoms with Crippen LogP contribution in [0.2, 0.25) is 0 Å². The van der Waals surface area contributed by atoms with Crippen LogP contribution in [0.3, 0.4) is 0 Å². The Morgan fingerprint density at radius 1 is 0.393 bits per heavy atom. The summed E-state index contributed by atoms with van der Waals surface area (Å²) in [6, 6.07) is 0. The fraction of sp³-hybridized carbons (Fsp3) is 0.750. The minimum atomic E-state index is -0.777. The number of rotatable bonds is 47. The number of hydrogen-bond acceptors (Lipinski definition) is 5. The van der Waals surface area contributed by atoms with Crippen molar-refractivity contribution < 1.29 is 24.2 Å². The van der Waals surface area contributed by atoms with Crippen LogP contribution in [-0.4, -0.2) is 36.4 Å². The van der Waals surface area contributed by atoms with Gasteiger partial charge in [-0.3, -0.25) is 9.59 Å². The van der Waals surface area contributed by atoms with E-state index < -0.39 is 6.10 Å². The molecule has 0 rings (SSSR count). The van der Waals surface area contributed by atoms with Gasteiger partial charge in [0.25, 0.3) is 0 Å².